The van der Waals surface area contributed by atoms with Gasteiger partial charge in [-0.05, 0) is 43.2 Å². The number of nitrogens with zero attached hydrogens (tertiary/aromatic N) is 1. The summed E-state index contributed by atoms with van der Waals surface area (Å²) in [4.78, 5) is 12.4. The van der Waals surface area contributed by atoms with Crippen molar-refractivity contribution in [3.8, 4) is 0 Å². The van der Waals surface area contributed by atoms with E-state index in [1.165, 1.54) is 30.3 Å². The zero-order chi connectivity index (χ0) is 22.5. The minimum Gasteiger partial charge on any atom is -0.350 e. The van der Waals surface area contributed by atoms with Gasteiger partial charge in [-0.25, -0.2) is 21.2 Å². The van der Waals surface area contributed by atoms with Gasteiger partial charge in [-0.2, -0.15) is 0 Å². The Labute approximate surface area is 176 Å². The van der Waals surface area contributed by atoms with Gasteiger partial charge in [0.25, 0.3) is 0 Å². The molecular formula is C20H25FN2O5S2. The molecule has 0 aliphatic carbocycles. The summed E-state index contributed by atoms with van der Waals surface area (Å²) in [6.07, 6.45) is 2.36. The minimum atomic E-state index is -3.71. The van der Waals surface area contributed by atoms with Crippen LogP contribution in [0.25, 0.3) is 0 Å². The zero-order valence-electron chi connectivity index (χ0n) is 17.0. The number of sulfone groups is 1. The van der Waals surface area contributed by atoms with Crippen molar-refractivity contribution < 1.29 is 26.0 Å². The van der Waals surface area contributed by atoms with Crippen molar-refractivity contribution in [2.45, 2.75) is 30.7 Å². The van der Waals surface area contributed by atoms with Gasteiger partial charge in [-0.3, -0.25) is 9.10 Å². The molecular weight excluding hydrogens is 431 g/mol. The lowest BCUT2D eigenvalue weighted by molar-refractivity contribution is -0.121. The van der Waals surface area contributed by atoms with E-state index in [-0.39, 0.29) is 41.9 Å². The molecule has 0 heterocycles. The number of halogens is 1. The minimum absolute atomic E-state index is 0.0371. The van der Waals surface area contributed by atoms with Gasteiger partial charge in [0.15, 0.2) is 9.84 Å². The van der Waals surface area contributed by atoms with Crippen LogP contribution in [-0.4, -0.2) is 41.8 Å². The number of carbonyl (C=O) groups excluding carboxylic acids is 1. The molecule has 1 N–H and O–H groups in total. The van der Waals surface area contributed by atoms with E-state index in [0.717, 1.165) is 22.4 Å². The van der Waals surface area contributed by atoms with Crippen LogP contribution in [0.5, 0.6) is 0 Å². The van der Waals surface area contributed by atoms with Crippen molar-refractivity contribution in [2.75, 3.05) is 23.4 Å². The lowest BCUT2D eigenvalue weighted by Crippen LogP contribution is -2.33. The average molecular weight is 457 g/mol. The van der Waals surface area contributed by atoms with Crippen LogP contribution in [-0.2, 0) is 24.7 Å². The molecule has 10 heteroatoms. The number of benzene rings is 2. The number of rotatable bonds is 9. The first-order chi connectivity index (χ1) is 13.9. The Hall–Kier alpha value is -2.46. The van der Waals surface area contributed by atoms with Crippen LogP contribution >= 0.6 is 0 Å². The second kappa shape index (κ2) is 9.57. The number of carbonyl (C=O) groups is 1. The molecule has 0 saturated heterocycles. The molecule has 1 atom stereocenters. The highest BCUT2D eigenvalue weighted by Crippen LogP contribution is 2.22. The molecule has 0 aromatic heterocycles. The van der Waals surface area contributed by atoms with Crippen LogP contribution in [0.1, 0.15) is 31.4 Å². The molecule has 2 aromatic carbocycles. The first kappa shape index (κ1) is 23.8. The van der Waals surface area contributed by atoms with Crippen LogP contribution in [0.2, 0.25) is 0 Å². The molecule has 2 rings (SSSR count). The third-order valence-corrected chi connectivity index (χ3v) is 6.78. The summed E-state index contributed by atoms with van der Waals surface area (Å²) >= 11 is 0. The van der Waals surface area contributed by atoms with E-state index in [1.54, 1.807) is 25.1 Å². The Kier molecular flexibility index (Phi) is 7.59. The zero-order valence-corrected chi connectivity index (χ0v) is 18.6. The molecule has 1 amide bonds. The van der Waals surface area contributed by atoms with Crippen LogP contribution in [0.15, 0.2) is 53.4 Å². The van der Waals surface area contributed by atoms with Crippen molar-refractivity contribution in [1.82, 2.24) is 5.32 Å². The Morgan fingerprint density at radius 3 is 2.17 bits per heavy atom. The van der Waals surface area contributed by atoms with E-state index >= 15 is 0 Å². The molecule has 30 heavy (non-hydrogen) atoms. The van der Waals surface area contributed by atoms with E-state index in [1.807, 2.05) is 0 Å². The number of sulfonamides is 1. The Morgan fingerprint density at radius 1 is 1.03 bits per heavy atom. The van der Waals surface area contributed by atoms with E-state index in [4.69, 9.17) is 0 Å². The standard InChI is InChI=1S/C20H25FN2O5S2/c1-15(16-10-12-17(13-11-16)29(2,25)26)22-20(24)9-6-14-23(30(3,27)28)19-8-5-4-7-18(19)21/h4-5,7-8,10-13,15H,6,9,14H2,1-3H3,(H,22,24). The van der Waals surface area contributed by atoms with Crippen LogP contribution < -0.4 is 9.62 Å². The maximum atomic E-state index is 14.0. The molecule has 0 aliphatic heterocycles. The summed E-state index contributed by atoms with van der Waals surface area (Å²) in [6.45, 7) is 1.72. The number of hydrogen-bond acceptors (Lipinski definition) is 5. The molecule has 7 nitrogen and oxygen atoms in total. The normalized spacial score (nSPS) is 12.9. The Bertz CT molecular complexity index is 1100. The third-order valence-electron chi connectivity index (χ3n) is 4.47. The van der Waals surface area contributed by atoms with E-state index in [0.29, 0.717) is 0 Å². The maximum absolute atomic E-state index is 14.0. The first-order valence-electron chi connectivity index (χ1n) is 9.21. The molecule has 2 aromatic rings. The molecule has 0 spiro atoms. The Morgan fingerprint density at radius 2 is 1.63 bits per heavy atom. The SMILES string of the molecule is CC(NC(=O)CCCN(c1ccccc1F)S(C)(=O)=O)c1ccc(S(C)(=O)=O)cc1. The maximum Gasteiger partial charge on any atom is 0.232 e. The molecule has 0 bridgehead atoms. The number of hydrogen-bond donors (Lipinski definition) is 1. The topological polar surface area (TPSA) is 101 Å². The monoisotopic (exact) mass is 456 g/mol. The summed E-state index contributed by atoms with van der Waals surface area (Å²) < 4.78 is 62.1. The molecule has 0 saturated carbocycles. The van der Waals surface area contributed by atoms with Gasteiger partial charge in [0, 0.05) is 19.2 Å². The largest absolute Gasteiger partial charge is 0.350 e. The highest BCUT2D eigenvalue weighted by Gasteiger charge is 2.20. The lowest BCUT2D eigenvalue weighted by atomic mass is 10.1. The van der Waals surface area contributed by atoms with E-state index in [9.17, 15) is 26.0 Å². The summed E-state index contributed by atoms with van der Waals surface area (Å²) in [5.41, 5.74) is 0.680. The highest BCUT2D eigenvalue weighted by molar-refractivity contribution is 7.92. The summed E-state index contributed by atoms with van der Waals surface area (Å²) in [7, 11) is -7.00. The van der Waals surface area contributed by atoms with Gasteiger partial charge in [0.05, 0.1) is 22.9 Å². The fraction of sp³-hybridized carbons (Fsp3) is 0.350. The third kappa shape index (κ3) is 6.53. The average Bonchev–Trinajstić information content (AvgIpc) is 2.64. The Balaban J connectivity index is 1.95. The van der Waals surface area contributed by atoms with Crippen molar-refractivity contribution in [2.24, 2.45) is 0 Å². The predicted octanol–water partition coefficient (Wildman–Crippen LogP) is 2.65. The van der Waals surface area contributed by atoms with Crippen molar-refractivity contribution in [3.05, 3.63) is 59.9 Å². The first-order valence-corrected chi connectivity index (χ1v) is 12.9. The van der Waals surface area contributed by atoms with E-state index in [2.05, 4.69) is 5.32 Å². The summed E-state index contributed by atoms with van der Waals surface area (Å²) in [5.74, 6) is -0.949. The quantitative estimate of drug-likeness (QED) is 0.625. The predicted molar refractivity (Wildman–Crippen MR) is 114 cm³/mol. The molecule has 0 fully saturated rings. The number of anilines is 1. The fourth-order valence-electron chi connectivity index (χ4n) is 2.90. The number of nitrogens with one attached hydrogen (secondary N) is 1. The van der Waals surface area contributed by atoms with Crippen molar-refractivity contribution in [3.63, 3.8) is 0 Å². The smallest absolute Gasteiger partial charge is 0.232 e. The molecule has 1 unspecified atom stereocenters. The molecule has 0 radical (unpaired) electrons. The fourth-order valence-corrected chi connectivity index (χ4v) is 4.50. The van der Waals surface area contributed by atoms with Gasteiger partial charge in [0.2, 0.25) is 15.9 Å². The van der Waals surface area contributed by atoms with Crippen molar-refractivity contribution in [1.29, 1.82) is 0 Å². The second-order valence-corrected chi connectivity index (χ2v) is 10.9. The van der Waals surface area contributed by atoms with Gasteiger partial charge in [-0.1, -0.05) is 24.3 Å². The molecule has 0 aliphatic rings. The van der Waals surface area contributed by atoms with Crippen LogP contribution in [0, 0.1) is 5.82 Å². The van der Waals surface area contributed by atoms with Gasteiger partial charge >= 0.3 is 0 Å². The van der Waals surface area contributed by atoms with Gasteiger partial charge < -0.3 is 5.32 Å². The highest BCUT2D eigenvalue weighted by atomic mass is 32.2. The number of amides is 1. The summed E-state index contributed by atoms with van der Waals surface area (Å²) in [5, 5.41) is 2.79. The lowest BCUT2D eigenvalue weighted by Gasteiger charge is -2.23. The van der Waals surface area contributed by atoms with Gasteiger partial charge in [-0.15, -0.1) is 0 Å². The van der Waals surface area contributed by atoms with Crippen LogP contribution in [0.3, 0.4) is 0 Å². The number of para-hydroxylation sites is 1. The van der Waals surface area contributed by atoms with Crippen LogP contribution in [0.4, 0.5) is 10.1 Å². The van der Waals surface area contributed by atoms with E-state index < -0.39 is 25.7 Å². The second-order valence-electron chi connectivity index (χ2n) is 7.02. The van der Waals surface area contributed by atoms with Gasteiger partial charge in [0.1, 0.15) is 5.82 Å². The van der Waals surface area contributed by atoms with Crippen molar-refractivity contribution >= 4 is 31.5 Å². The summed E-state index contributed by atoms with van der Waals surface area (Å²) in [6, 6.07) is 11.4. The molecule has 164 valence electrons.